The summed E-state index contributed by atoms with van der Waals surface area (Å²) in [6.07, 6.45) is 10.6. The fraction of sp³-hybridized carbons (Fsp3) is 1.00. The Hall–Kier alpha value is -0.0400. The summed E-state index contributed by atoms with van der Waals surface area (Å²) in [4.78, 5) is 0. The molecule has 0 unspecified atom stereocenters. The Kier molecular flexibility index (Phi) is 3.48. The van der Waals surface area contributed by atoms with Gasteiger partial charge in [0.1, 0.15) is 0 Å². The van der Waals surface area contributed by atoms with Crippen LogP contribution in [0.4, 0.5) is 0 Å². The Balaban J connectivity index is 1.85. The van der Waals surface area contributed by atoms with E-state index in [4.69, 9.17) is 0 Å². The molecule has 0 radical (unpaired) electrons. The van der Waals surface area contributed by atoms with Crippen LogP contribution in [0, 0.1) is 17.8 Å². The summed E-state index contributed by atoms with van der Waals surface area (Å²) in [5.74, 6) is 2.84. The van der Waals surface area contributed by atoms with Crippen molar-refractivity contribution in [3.05, 3.63) is 0 Å². The van der Waals surface area contributed by atoms with E-state index >= 15 is 0 Å². The van der Waals surface area contributed by atoms with E-state index in [0.717, 1.165) is 30.6 Å². The van der Waals surface area contributed by atoms with Crippen molar-refractivity contribution < 1.29 is 5.11 Å². The van der Waals surface area contributed by atoms with Gasteiger partial charge in [0.15, 0.2) is 0 Å². The molecule has 82 valence electrons. The summed E-state index contributed by atoms with van der Waals surface area (Å²) < 4.78 is 0. The number of hydrogen-bond donors (Lipinski definition) is 1. The molecule has 0 bridgehead atoms. The van der Waals surface area contributed by atoms with Gasteiger partial charge in [0.2, 0.25) is 0 Å². The molecule has 0 aromatic rings. The van der Waals surface area contributed by atoms with Gasteiger partial charge in [-0.05, 0) is 49.9 Å². The minimum Gasteiger partial charge on any atom is -0.393 e. The van der Waals surface area contributed by atoms with E-state index in [1.807, 2.05) is 0 Å². The molecule has 2 saturated carbocycles. The zero-order chi connectivity index (χ0) is 9.97. The van der Waals surface area contributed by atoms with Crippen LogP contribution in [0.25, 0.3) is 0 Å². The van der Waals surface area contributed by atoms with Gasteiger partial charge in [0.05, 0.1) is 6.10 Å². The monoisotopic (exact) mass is 196 g/mol. The molecule has 0 spiro atoms. The zero-order valence-electron chi connectivity index (χ0n) is 9.41. The first-order valence-corrected chi connectivity index (χ1v) is 6.47. The van der Waals surface area contributed by atoms with E-state index < -0.39 is 0 Å². The van der Waals surface area contributed by atoms with Crippen molar-refractivity contribution in [3.8, 4) is 0 Å². The van der Waals surface area contributed by atoms with E-state index in [2.05, 4.69) is 6.92 Å². The van der Waals surface area contributed by atoms with Crippen LogP contribution in [-0.4, -0.2) is 11.2 Å². The summed E-state index contributed by atoms with van der Waals surface area (Å²) in [6, 6.07) is 0. The van der Waals surface area contributed by atoms with E-state index in [1.54, 1.807) is 0 Å². The van der Waals surface area contributed by atoms with Gasteiger partial charge >= 0.3 is 0 Å². The van der Waals surface area contributed by atoms with Crippen molar-refractivity contribution in [3.63, 3.8) is 0 Å². The summed E-state index contributed by atoms with van der Waals surface area (Å²) >= 11 is 0. The molecule has 0 aromatic heterocycles. The molecule has 0 heterocycles. The third kappa shape index (κ3) is 2.31. The normalized spacial score (nSPS) is 43.3. The lowest BCUT2D eigenvalue weighted by molar-refractivity contribution is 0.0340. The van der Waals surface area contributed by atoms with Gasteiger partial charge in [0.25, 0.3) is 0 Å². The van der Waals surface area contributed by atoms with Crippen LogP contribution < -0.4 is 0 Å². The lowest BCUT2D eigenvalue weighted by Gasteiger charge is -2.41. The zero-order valence-corrected chi connectivity index (χ0v) is 9.41. The predicted molar refractivity (Wildman–Crippen MR) is 59.1 cm³/mol. The van der Waals surface area contributed by atoms with Gasteiger partial charge < -0.3 is 5.11 Å². The third-order valence-electron chi connectivity index (χ3n) is 4.39. The molecule has 2 aliphatic rings. The molecule has 0 aromatic carbocycles. The average molecular weight is 196 g/mol. The molecule has 1 nitrogen and oxygen atoms in total. The van der Waals surface area contributed by atoms with Gasteiger partial charge in [-0.2, -0.15) is 0 Å². The molecule has 2 aliphatic carbocycles. The predicted octanol–water partition coefficient (Wildman–Crippen LogP) is 3.36. The standard InChI is InChI=1S/C13H24O/c1-2-3-10-4-5-12-9-13(14)7-6-11(12)8-10/h10-14H,2-9H2,1H3/t10-,11+,12-,13+/m0/s1. The average Bonchev–Trinajstić information content (AvgIpc) is 2.19. The fourth-order valence-corrected chi connectivity index (χ4v) is 3.63. The van der Waals surface area contributed by atoms with Gasteiger partial charge in [-0.1, -0.05) is 26.2 Å². The molecule has 4 atom stereocenters. The minimum absolute atomic E-state index is 0.0268. The Labute approximate surface area is 87.9 Å². The number of fused-ring (bicyclic) bond motifs is 1. The number of aliphatic hydroxyl groups is 1. The van der Waals surface area contributed by atoms with E-state index in [9.17, 15) is 5.11 Å². The molecule has 14 heavy (non-hydrogen) atoms. The summed E-state index contributed by atoms with van der Waals surface area (Å²) in [5, 5.41) is 9.62. The highest BCUT2D eigenvalue weighted by atomic mass is 16.3. The van der Waals surface area contributed by atoms with E-state index in [1.165, 1.54) is 38.5 Å². The van der Waals surface area contributed by atoms with E-state index in [-0.39, 0.29) is 6.10 Å². The first-order valence-electron chi connectivity index (χ1n) is 6.47. The van der Waals surface area contributed by atoms with Crippen LogP contribution in [0.15, 0.2) is 0 Å². The lowest BCUT2D eigenvalue weighted by Crippen LogP contribution is -2.32. The van der Waals surface area contributed by atoms with Gasteiger partial charge in [-0.15, -0.1) is 0 Å². The number of rotatable bonds is 2. The second kappa shape index (κ2) is 4.65. The second-order valence-corrected chi connectivity index (χ2v) is 5.45. The Morgan fingerprint density at radius 3 is 2.50 bits per heavy atom. The topological polar surface area (TPSA) is 20.2 Å². The summed E-state index contributed by atoms with van der Waals surface area (Å²) in [7, 11) is 0. The number of aliphatic hydroxyl groups excluding tert-OH is 1. The van der Waals surface area contributed by atoms with Gasteiger partial charge in [0, 0.05) is 0 Å². The highest BCUT2D eigenvalue weighted by Gasteiger charge is 2.34. The largest absolute Gasteiger partial charge is 0.393 e. The van der Waals surface area contributed by atoms with Crippen molar-refractivity contribution in [1.82, 2.24) is 0 Å². The quantitative estimate of drug-likeness (QED) is 0.718. The van der Waals surface area contributed by atoms with Crippen molar-refractivity contribution in [2.45, 2.75) is 64.4 Å². The maximum atomic E-state index is 9.62. The maximum Gasteiger partial charge on any atom is 0.0543 e. The Bertz CT molecular complexity index is 178. The molecule has 0 aliphatic heterocycles. The molecule has 1 N–H and O–H groups in total. The highest BCUT2D eigenvalue weighted by Crippen LogP contribution is 2.43. The van der Waals surface area contributed by atoms with Crippen LogP contribution in [0.1, 0.15) is 58.3 Å². The first kappa shape index (κ1) is 10.5. The molecular weight excluding hydrogens is 172 g/mol. The molecule has 0 saturated heterocycles. The minimum atomic E-state index is 0.0268. The van der Waals surface area contributed by atoms with Crippen molar-refractivity contribution in [2.75, 3.05) is 0 Å². The van der Waals surface area contributed by atoms with Crippen LogP contribution in [0.3, 0.4) is 0 Å². The van der Waals surface area contributed by atoms with Crippen molar-refractivity contribution in [2.24, 2.45) is 17.8 Å². The maximum absolute atomic E-state index is 9.62. The highest BCUT2D eigenvalue weighted by molar-refractivity contribution is 4.85. The molecule has 0 amide bonds. The van der Waals surface area contributed by atoms with E-state index in [0.29, 0.717) is 0 Å². The lowest BCUT2D eigenvalue weighted by atomic mass is 9.66. The SMILES string of the molecule is CCC[C@H]1CC[C@H]2C[C@H](O)CC[C@@H]2C1. The van der Waals surface area contributed by atoms with Gasteiger partial charge in [-0.3, -0.25) is 0 Å². The van der Waals surface area contributed by atoms with Gasteiger partial charge in [-0.25, -0.2) is 0 Å². The molecule has 2 fully saturated rings. The summed E-state index contributed by atoms with van der Waals surface area (Å²) in [6.45, 7) is 2.30. The third-order valence-corrected chi connectivity index (χ3v) is 4.39. The van der Waals surface area contributed by atoms with Crippen molar-refractivity contribution >= 4 is 0 Å². The number of hydrogen-bond acceptors (Lipinski definition) is 1. The Morgan fingerprint density at radius 2 is 1.71 bits per heavy atom. The first-order chi connectivity index (χ1) is 6.79. The van der Waals surface area contributed by atoms with Crippen molar-refractivity contribution in [1.29, 1.82) is 0 Å². The smallest absolute Gasteiger partial charge is 0.0543 e. The van der Waals surface area contributed by atoms with Crippen LogP contribution in [0.5, 0.6) is 0 Å². The fourth-order valence-electron chi connectivity index (χ4n) is 3.63. The Morgan fingerprint density at radius 1 is 1.00 bits per heavy atom. The second-order valence-electron chi connectivity index (χ2n) is 5.45. The van der Waals surface area contributed by atoms with Crippen LogP contribution in [-0.2, 0) is 0 Å². The van der Waals surface area contributed by atoms with Crippen LogP contribution >= 0.6 is 0 Å². The molecule has 2 rings (SSSR count). The summed E-state index contributed by atoms with van der Waals surface area (Å²) in [5.41, 5.74) is 0. The van der Waals surface area contributed by atoms with Crippen LogP contribution in [0.2, 0.25) is 0 Å². The molecular formula is C13H24O. The molecule has 1 heteroatoms.